The molecule has 0 aromatic rings. The van der Waals surface area contributed by atoms with Crippen LogP contribution in [0.4, 0.5) is 4.79 Å². The first-order valence-corrected chi connectivity index (χ1v) is 6.32. The Morgan fingerprint density at radius 3 is 2.26 bits per heavy atom. The van der Waals surface area contributed by atoms with Gasteiger partial charge in [-0.3, -0.25) is 4.79 Å². The fourth-order valence-corrected chi connectivity index (χ4v) is 1.75. The van der Waals surface area contributed by atoms with Crippen LogP contribution in [0.5, 0.6) is 0 Å². The van der Waals surface area contributed by atoms with Crippen LogP contribution in [0.15, 0.2) is 0 Å². The molecule has 3 N–H and O–H groups in total. The van der Waals surface area contributed by atoms with Crippen molar-refractivity contribution in [2.45, 2.75) is 38.3 Å². The molecule has 7 nitrogen and oxygen atoms in total. The molecule has 0 saturated heterocycles. The van der Waals surface area contributed by atoms with Crippen molar-refractivity contribution in [2.75, 3.05) is 14.1 Å². The van der Waals surface area contributed by atoms with Crippen molar-refractivity contribution in [3.05, 3.63) is 0 Å². The summed E-state index contributed by atoms with van der Waals surface area (Å²) in [5.41, 5.74) is 0. The van der Waals surface area contributed by atoms with Crippen molar-refractivity contribution in [1.82, 2.24) is 15.5 Å². The average molecular weight is 271 g/mol. The monoisotopic (exact) mass is 271 g/mol. The Kier molecular flexibility index (Phi) is 5.14. The first kappa shape index (κ1) is 15.3. The first-order valence-electron chi connectivity index (χ1n) is 6.32. The molecule has 2 unspecified atom stereocenters. The van der Waals surface area contributed by atoms with Crippen LogP contribution in [0, 0.1) is 5.92 Å². The number of nitrogens with one attached hydrogen (secondary N) is 2. The van der Waals surface area contributed by atoms with Crippen molar-refractivity contribution in [1.29, 1.82) is 0 Å². The van der Waals surface area contributed by atoms with Crippen LogP contribution < -0.4 is 10.6 Å². The van der Waals surface area contributed by atoms with Crippen LogP contribution in [0.2, 0.25) is 0 Å². The SMILES string of the molecule is CC(NC(=O)NC(CC1CC1)C(=O)O)C(=O)N(C)C. The number of hydrogen-bond acceptors (Lipinski definition) is 3. The number of carbonyl (C=O) groups is 3. The zero-order valence-corrected chi connectivity index (χ0v) is 11.5. The Morgan fingerprint density at radius 2 is 1.84 bits per heavy atom. The topological polar surface area (TPSA) is 98.7 Å². The van der Waals surface area contributed by atoms with Gasteiger partial charge in [0, 0.05) is 14.1 Å². The summed E-state index contributed by atoms with van der Waals surface area (Å²) in [7, 11) is 3.18. The zero-order valence-electron chi connectivity index (χ0n) is 11.5. The number of hydrogen-bond donors (Lipinski definition) is 3. The molecule has 0 aromatic heterocycles. The molecule has 3 amide bonds. The maximum atomic E-state index is 11.6. The molecule has 2 atom stereocenters. The summed E-state index contributed by atoms with van der Waals surface area (Å²) in [4.78, 5) is 35.6. The van der Waals surface area contributed by atoms with Crippen molar-refractivity contribution in [3.63, 3.8) is 0 Å². The van der Waals surface area contributed by atoms with Gasteiger partial charge in [-0.25, -0.2) is 9.59 Å². The summed E-state index contributed by atoms with van der Waals surface area (Å²) in [5, 5.41) is 13.8. The predicted octanol–water partition coefficient (Wildman–Crippen LogP) is 0.0156. The Hall–Kier alpha value is -1.79. The zero-order chi connectivity index (χ0) is 14.6. The maximum Gasteiger partial charge on any atom is 0.326 e. The number of carbonyl (C=O) groups excluding carboxylic acids is 2. The minimum Gasteiger partial charge on any atom is -0.480 e. The smallest absolute Gasteiger partial charge is 0.326 e. The lowest BCUT2D eigenvalue weighted by molar-refractivity contribution is -0.139. The minimum atomic E-state index is -1.05. The molecule has 1 aliphatic carbocycles. The average Bonchev–Trinajstić information content (AvgIpc) is 3.10. The molecule has 0 aromatic carbocycles. The van der Waals surface area contributed by atoms with Gasteiger partial charge in [0.05, 0.1) is 0 Å². The first-order chi connectivity index (χ1) is 8.81. The van der Waals surface area contributed by atoms with Gasteiger partial charge in [-0.2, -0.15) is 0 Å². The molecule has 108 valence electrons. The molecule has 1 aliphatic rings. The fraction of sp³-hybridized carbons (Fsp3) is 0.750. The van der Waals surface area contributed by atoms with Gasteiger partial charge >= 0.3 is 12.0 Å². The quantitative estimate of drug-likeness (QED) is 0.634. The van der Waals surface area contributed by atoms with Crippen molar-refractivity contribution < 1.29 is 19.5 Å². The summed E-state index contributed by atoms with van der Waals surface area (Å²) in [5.74, 6) is -0.903. The van der Waals surface area contributed by atoms with E-state index in [1.807, 2.05) is 0 Å². The number of urea groups is 1. The Morgan fingerprint density at radius 1 is 1.26 bits per heavy atom. The lowest BCUT2D eigenvalue weighted by Crippen LogP contribution is -2.52. The van der Waals surface area contributed by atoms with Crippen LogP contribution in [0.3, 0.4) is 0 Å². The molecule has 0 radical (unpaired) electrons. The number of carboxylic acid groups (broad SMARTS) is 1. The van der Waals surface area contributed by atoms with Gasteiger partial charge in [0.2, 0.25) is 5.91 Å². The molecule has 0 bridgehead atoms. The highest BCUT2D eigenvalue weighted by Gasteiger charge is 2.30. The molecule has 1 saturated carbocycles. The van der Waals surface area contributed by atoms with E-state index >= 15 is 0 Å². The second kappa shape index (κ2) is 6.40. The third-order valence-corrected chi connectivity index (χ3v) is 3.03. The molecule has 1 rings (SSSR count). The Bertz CT molecular complexity index is 366. The number of aliphatic carboxylic acids is 1. The van der Waals surface area contributed by atoms with E-state index < -0.39 is 24.1 Å². The van der Waals surface area contributed by atoms with Gasteiger partial charge < -0.3 is 20.6 Å². The summed E-state index contributed by atoms with van der Waals surface area (Å²) in [6.45, 7) is 1.55. The third kappa shape index (κ3) is 5.15. The van der Waals surface area contributed by atoms with E-state index in [9.17, 15) is 14.4 Å². The molecular formula is C12H21N3O4. The second-order valence-electron chi connectivity index (χ2n) is 5.14. The van der Waals surface area contributed by atoms with Crippen LogP contribution in [-0.2, 0) is 9.59 Å². The van der Waals surface area contributed by atoms with E-state index in [0.29, 0.717) is 12.3 Å². The van der Waals surface area contributed by atoms with Gasteiger partial charge in [-0.1, -0.05) is 12.8 Å². The molecule has 7 heteroatoms. The molecule has 1 fully saturated rings. The summed E-state index contributed by atoms with van der Waals surface area (Å²) < 4.78 is 0. The van der Waals surface area contributed by atoms with E-state index in [4.69, 9.17) is 5.11 Å². The molecule has 0 heterocycles. The molecular weight excluding hydrogens is 250 g/mol. The number of rotatable bonds is 6. The predicted molar refractivity (Wildman–Crippen MR) is 68.6 cm³/mol. The Labute approximate surface area is 112 Å². The lowest BCUT2D eigenvalue weighted by Gasteiger charge is -2.20. The fourth-order valence-electron chi connectivity index (χ4n) is 1.75. The van der Waals surface area contributed by atoms with E-state index in [1.165, 1.54) is 4.90 Å². The standard InChI is InChI=1S/C12H21N3O4/c1-7(10(16)15(2)3)13-12(19)14-9(11(17)18)6-8-4-5-8/h7-9H,4-6H2,1-3H3,(H,17,18)(H2,13,14,19). The summed E-state index contributed by atoms with van der Waals surface area (Å²) in [6.07, 6.45) is 2.48. The van der Waals surface area contributed by atoms with Crippen molar-refractivity contribution >= 4 is 17.9 Å². The summed E-state index contributed by atoms with van der Waals surface area (Å²) in [6, 6.07) is -2.21. The number of amides is 3. The normalized spacial score (nSPS) is 17.2. The van der Waals surface area contributed by atoms with Crippen LogP contribution in [0.25, 0.3) is 0 Å². The molecule has 0 aliphatic heterocycles. The van der Waals surface area contributed by atoms with Gasteiger partial charge in [0.1, 0.15) is 12.1 Å². The number of likely N-dealkylation sites (N-methyl/N-ethyl adjacent to an activating group) is 1. The highest BCUT2D eigenvalue weighted by atomic mass is 16.4. The lowest BCUT2D eigenvalue weighted by atomic mass is 10.1. The summed E-state index contributed by atoms with van der Waals surface area (Å²) >= 11 is 0. The molecule has 19 heavy (non-hydrogen) atoms. The van der Waals surface area contributed by atoms with Crippen LogP contribution in [0.1, 0.15) is 26.2 Å². The van der Waals surface area contributed by atoms with Crippen LogP contribution in [-0.4, -0.2) is 54.1 Å². The third-order valence-electron chi connectivity index (χ3n) is 3.03. The largest absolute Gasteiger partial charge is 0.480 e. The van der Waals surface area contributed by atoms with Gasteiger partial charge in [-0.15, -0.1) is 0 Å². The van der Waals surface area contributed by atoms with Gasteiger partial charge in [-0.05, 0) is 19.3 Å². The maximum absolute atomic E-state index is 11.6. The van der Waals surface area contributed by atoms with Crippen LogP contribution >= 0.6 is 0 Å². The minimum absolute atomic E-state index is 0.246. The highest BCUT2D eigenvalue weighted by molar-refractivity contribution is 5.88. The number of carboxylic acids is 1. The van der Waals surface area contributed by atoms with Gasteiger partial charge in [0.15, 0.2) is 0 Å². The molecule has 0 spiro atoms. The van der Waals surface area contributed by atoms with Crippen molar-refractivity contribution in [3.8, 4) is 0 Å². The van der Waals surface area contributed by atoms with Gasteiger partial charge in [0.25, 0.3) is 0 Å². The van der Waals surface area contributed by atoms with E-state index in [0.717, 1.165) is 12.8 Å². The second-order valence-corrected chi connectivity index (χ2v) is 5.14. The van der Waals surface area contributed by atoms with E-state index in [-0.39, 0.29) is 5.91 Å². The Balaban J connectivity index is 2.43. The highest BCUT2D eigenvalue weighted by Crippen LogP contribution is 2.33. The van der Waals surface area contributed by atoms with E-state index in [2.05, 4.69) is 10.6 Å². The number of nitrogens with zero attached hydrogens (tertiary/aromatic N) is 1. The van der Waals surface area contributed by atoms with E-state index in [1.54, 1.807) is 21.0 Å². The van der Waals surface area contributed by atoms with Crippen molar-refractivity contribution in [2.24, 2.45) is 5.92 Å².